The molecule has 1 unspecified atom stereocenters. The van der Waals surface area contributed by atoms with Crippen LogP contribution in [-0.2, 0) is 27.8 Å². The number of rotatable bonds is 3. The summed E-state index contributed by atoms with van der Waals surface area (Å²) in [7, 11) is -4.09. The highest BCUT2D eigenvalue weighted by atomic mass is 35.5. The number of hydrogen-bond acceptors (Lipinski definition) is 3. The zero-order valence-electron chi connectivity index (χ0n) is 13.9. The molecular formula is C18H15Cl2N3O3S. The Morgan fingerprint density at radius 2 is 1.93 bits per heavy atom. The first-order valence-corrected chi connectivity index (χ1v) is 10.3. The third-order valence-corrected chi connectivity index (χ3v) is 7.34. The number of aromatic nitrogens is 1. The molecule has 0 saturated heterocycles. The fraction of sp³-hybridized carbons (Fsp3) is 0.167. The molecule has 140 valence electrons. The minimum Gasteiger partial charge on any atom is -0.368 e. The molecule has 2 heterocycles. The van der Waals surface area contributed by atoms with Crippen LogP contribution >= 0.6 is 23.2 Å². The smallest absolute Gasteiger partial charge is 0.245 e. The molecule has 0 bridgehead atoms. The average molecular weight is 424 g/mol. The number of nitrogens with zero attached hydrogens (tertiary/aromatic N) is 1. The summed E-state index contributed by atoms with van der Waals surface area (Å²) in [4.78, 5) is 15.2. The quantitative estimate of drug-likeness (QED) is 0.677. The molecule has 4 rings (SSSR count). The number of halogens is 2. The second kappa shape index (κ2) is 6.53. The van der Waals surface area contributed by atoms with E-state index in [1.54, 1.807) is 0 Å². The molecule has 1 aromatic heterocycles. The molecule has 1 aliphatic rings. The third-order valence-electron chi connectivity index (χ3n) is 4.77. The van der Waals surface area contributed by atoms with Crippen LogP contribution in [-0.4, -0.2) is 29.7 Å². The molecule has 3 N–H and O–H groups in total. The van der Waals surface area contributed by atoms with E-state index in [0.29, 0.717) is 0 Å². The van der Waals surface area contributed by atoms with Crippen LogP contribution in [0, 0.1) is 0 Å². The molecule has 0 spiro atoms. The number of H-pyrrole nitrogens is 1. The lowest BCUT2D eigenvalue weighted by atomic mass is 9.98. The molecule has 6 nitrogen and oxygen atoms in total. The number of amides is 1. The van der Waals surface area contributed by atoms with Gasteiger partial charge in [-0.25, -0.2) is 8.42 Å². The van der Waals surface area contributed by atoms with Gasteiger partial charge in [0.2, 0.25) is 15.9 Å². The van der Waals surface area contributed by atoms with Crippen LogP contribution in [0.25, 0.3) is 10.9 Å². The molecule has 1 amide bonds. The monoisotopic (exact) mass is 423 g/mol. The summed E-state index contributed by atoms with van der Waals surface area (Å²) in [6.45, 7) is -0.0111. The van der Waals surface area contributed by atoms with Gasteiger partial charge in [-0.05, 0) is 29.8 Å². The van der Waals surface area contributed by atoms with Crippen LogP contribution in [0.15, 0.2) is 47.4 Å². The Morgan fingerprint density at radius 1 is 1.19 bits per heavy atom. The lowest BCUT2D eigenvalue weighted by Crippen LogP contribution is -2.51. The number of carbonyl (C=O) groups is 1. The van der Waals surface area contributed by atoms with Gasteiger partial charge in [-0.15, -0.1) is 0 Å². The fourth-order valence-electron chi connectivity index (χ4n) is 3.48. The number of fused-ring (bicyclic) bond motifs is 3. The van der Waals surface area contributed by atoms with Crippen molar-refractivity contribution in [3.05, 3.63) is 63.8 Å². The Kier molecular flexibility index (Phi) is 4.43. The molecule has 1 atom stereocenters. The summed E-state index contributed by atoms with van der Waals surface area (Å²) in [5, 5.41) is 1.22. The van der Waals surface area contributed by atoms with Crippen LogP contribution in [0.5, 0.6) is 0 Å². The Balaban J connectivity index is 1.86. The first kappa shape index (κ1) is 18.3. The van der Waals surface area contributed by atoms with Crippen molar-refractivity contribution < 1.29 is 13.2 Å². The highest BCUT2D eigenvalue weighted by Crippen LogP contribution is 2.35. The van der Waals surface area contributed by atoms with E-state index in [4.69, 9.17) is 28.9 Å². The van der Waals surface area contributed by atoms with Crippen LogP contribution in [0.3, 0.4) is 0 Å². The normalized spacial score (nSPS) is 17.8. The van der Waals surface area contributed by atoms with E-state index in [0.717, 1.165) is 26.5 Å². The molecule has 2 aromatic carbocycles. The zero-order chi connectivity index (χ0) is 19.3. The van der Waals surface area contributed by atoms with E-state index in [2.05, 4.69) is 4.98 Å². The van der Waals surface area contributed by atoms with Gasteiger partial charge in [-0.2, -0.15) is 4.31 Å². The van der Waals surface area contributed by atoms with Crippen molar-refractivity contribution in [2.75, 3.05) is 0 Å². The predicted molar refractivity (Wildman–Crippen MR) is 104 cm³/mol. The number of primary amides is 1. The van der Waals surface area contributed by atoms with Gasteiger partial charge in [0.1, 0.15) is 10.9 Å². The van der Waals surface area contributed by atoms with Gasteiger partial charge in [-0.3, -0.25) is 4.79 Å². The number of benzene rings is 2. The molecule has 0 radical (unpaired) electrons. The van der Waals surface area contributed by atoms with Gasteiger partial charge < -0.3 is 10.7 Å². The van der Waals surface area contributed by atoms with Crippen LogP contribution in [0.1, 0.15) is 11.3 Å². The van der Waals surface area contributed by atoms with E-state index in [1.165, 1.54) is 18.2 Å². The maximum Gasteiger partial charge on any atom is 0.245 e. The standard InChI is InChI=1S/C18H15Cl2N3O3S/c19-10-5-6-13(20)17(7-10)27(25,26)23-9-15-12(8-16(23)18(21)24)11-3-1-2-4-14(11)22-15/h1-7,16,22H,8-9H2,(H2,21,24). The van der Waals surface area contributed by atoms with Crippen molar-refractivity contribution in [3.63, 3.8) is 0 Å². The molecule has 9 heteroatoms. The topological polar surface area (TPSA) is 96.3 Å². The van der Waals surface area contributed by atoms with Crippen molar-refractivity contribution in [3.8, 4) is 0 Å². The van der Waals surface area contributed by atoms with Crippen LogP contribution < -0.4 is 5.73 Å². The molecular weight excluding hydrogens is 409 g/mol. The fourth-order valence-corrected chi connectivity index (χ4v) is 5.78. The number of nitrogens with two attached hydrogens (primary N) is 1. The van der Waals surface area contributed by atoms with Gasteiger partial charge >= 0.3 is 0 Å². The second-order valence-corrected chi connectivity index (χ2v) is 9.08. The van der Waals surface area contributed by atoms with E-state index in [-0.39, 0.29) is 27.9 Å². The van der Waals surface area contributed by atoms with Crippen molar-refractivity contribution in [2.45, 2.75) is 23.9 Å². The van der Waals surface area contributed by atoms with Crippen molar-refractivity contribution in [2.24, 2.45) is 5.73 Å². The number of para-hydroxylation sites is 1. The molecule has 0 saturated carbocycles. The highest BCUT2D eigenvalue weighted by molar-refractivity contribution is 7.89. The predicted octanol–water partition coefficient (Wildman–Crippen LogP) is 3.08. The lowest BCUT2D eigenvalue weighted by molar-refractivity contribution is -0.122. The van der Waals surface area contributed by atoms with E-state index < -0.39 is 22.0 Å². The van der Waals surface area contributed by atoms with Crippen molar-refractivity contribution in [1.29, 1.82) is 0 Å². The maximum atomic E-state index is 13.3. The average Bonchev–Trinajstić information content (AvgIpc) is 3.00. The van der Waals surface area contributed by atoms with E-state index >= 15 is 0 Å². The van der Waals surface area contributed by atoms with Crippen LogP contribution in [0.4, 0.5) is 0 Å². The van der Waals surface area contributed by atoms with Gasteiger partial charge in [0.25, 0.3) is 0 Å². The Labute approximate surface area is 165 Å². The SMILES string of the molecule is NC(=O)C1Cc2c([nH]c3ccccc23)CN1S(=O)(=O)c1cc(Cl)ccc1Cl. The third kappa shape index (κ3) is 3.00. The van der Waals surface area contributed by atoms with Crippen molar-refractivity contribution >= 4 is 50.0 Å². The summed E-state index contributed by atoms with van der Waals surface area (Å²) in [6.07, 6.45) is 0.187. The van der Waals surface area contributed by atoms with Crippen LogP contribution in [0.2, 0.25) is 10.0 Å². The number of nitrogens with one attached hydrogen (secondary N) is 1. The van der Waals surface area contributed by atoms with Gasteiger partial charge in [0, 0.05) is 28.0 Å². The van der Waals surface area contributed by atoms with Crippen molar-refractivity contribution in [1.82, 2.24) is 9.29 Å². The minimum atomic E-state index is -4.09. The molecule has 0 fully saturated rings. The first-order valence-electron chi connectivity index (χ1n) is 8.13. The molecule has 1 aliphatic heterocycles. The molecule has 3 aromatic rings. The summed E-state index contributed by atoms with van der Waals surface area (Å²) >= 11 is 12.1. The van der Waals surface area contributed by atoms with Gasteiger partial charge in [-0.1, -0.05) is 41.4 Å². The summed E-state index contributed by atoms with van der Waals surface area (Å²) in [5.74, 6) is -0.715. The second-order valence-electron chi connectivity index (χ2n) is 6.37. The number of aromatic amines is 1. The van der Waals surface area contributed by atoms with E-state index in [1.807, 2.05) is 24.3 Å². The largest absolute Gasteiger partial charge is 0.368 e. The first-order chi connectivity index (χ1) is 12.8. The summed E-state index contributed by atoms with van der Waals surface area (Å²) in [5.41, 5.74) is 8.07. The number of hydrogen-bond donors (Lipinski definition) is 2. The zero-order valence-corrected chi connectivity index (χ0v) is 16.3. The lowest BCUT2D eigenvalue weighted by Gasteiger charge is -2.33. The van der Waals surface area contributed by atoms with E-state index in [9.17, 15) is 13.2 Å². The molecule has 27 heavy (non-hydrogen) atoms. The Hall–Kier alpha value is -2.06. The van der Waals surface area contributed by atoms with Gasteiger partial charge in [0.15, 0.2) is 0 Å². The minimum absolute atomic E-state index is 0.0111. The molecule has 0 aliphatic carbocycles. The highest BCUT2D eigenvalue weighted by Gasteiger charge is 2.40. The number of carbonyl (C=O) groups excluding carboxylic acids is 1. The Bertz CT molecular complexity index is 1170. The van der Waals surface area contributed by atoms with Gasteiger partial charge in [0.05, 0.1) is 11.6 Å². The summed E-state index contributed by atoms with van der Waals surface area (Å²) < 4.78 is 27.6. The summed E-state index contributed by atoms with van der Waals surface area (Å²) in [6, 6.07) is 10.8. The Morgan fingerprint density at radius 3 is 2.67 bits per heavy atom. The maximum absolute atomic E-state index is 13.3. The number of sulfonamides is 1.